The van der Waals surface area contributed by atoms with Gasteiger partial charge in [0, 0.05) is 5.38 Å². The van der Waals surface area contributed by atoms with Crippen molar-refractivity contribution < 1.29 is 25.2 Å². The highest BCUT2D eigenvalue weighted by atomic mass is 32.2. The molecule has 2 aromatic rings. The first-order chi connectivity index (χ1) is 11.0. The van der Waals surface area contributed by atoms with E-state index in [-0.39, 0.29) is 11.8 Å². The van der Waals surface area contributed by atoms with E-state index in [4.69, 9.17) is 4.74 Å². The largest absolute Gasteiger partial charge is 0.486 e. The minimum atomic E-state index is -1.14. The fourth-order valence-electron chi connectivity index (χ4n) is 2.50. The quantitative estimate of drug-likeness (QED) is 0.475. The average molecular weight is 358 g/mol. The van der Waals surface area contributed by atoms with E-state index in [9.17, 15) is 20.4 Å². The summed E-state index contributed by atoms with van der Waals surface area (Å²) in [5, 5.41) is 48.9. The van der Waals surface area contributed by atoms with Crippen molar-refractivity contribution in [1.82, 2.24) is 20.0 Å². The number of aliphatic hydroxyl groups is 3. The maximum atomic E-state index is 10.4. The minimum absolute atomic E-state index is 0.0801. The lowest BCUT2D eigenvalue weighted by atomic mass is 9.97. The highest BCUT2D eigenvalue weighted by Crippen LogP contribution is 2.34. The normalized spacial score (nSPS) is 31.3. The van der Waals surface area contributed by atoms with Crippen LogP contribution in [0.4, 0.5) is 0 Å². The maximum absolute atomic E-state index is 10.4. The second-order valence-electron chi connectivity index (χ2n) is 5.03. The maximum Gasteiger partial charge on any atom is 0.271 e. The zero-order valence-electron chi connectivity index (χ0n) is 12.1. The number of ether oxygens (including phenoxy) is 1. The molecule has 124 valence electrons. The van der Waals surface area contributed by atoms with Gasteiger partial charge in [-0.25, -0.2) is 9.67 Å². The van der Waals surface area contributed by atoms with Gasteiger partial charge < -0.3 is 25.2 Å². The van der Waals surface area contributed by atoms with Gasteiger partial charge in [0.2, 0.25) is 0 Å². The van der Waals surface area contributed by atoms with E-state index in [1.165, 1.54) is 22.5 Å². The molecule has 9 nitrogen and oxygen atoms in total. The van der Waals surface area contributed by atoms with Crippen molar-refractivity contribution >= 4 is 30.1 Å². The van der Waals surface area contributed by atoms with Crippen LogP contribution in [0, 0.1) is 0 Å². The molecule has 0 aromatic carbocycles. The van der Waals surface area contributed by atoms with Gasteiger partial charge in [-0.3, -0.25) is 0 Å². The average Bonchev–Trinajstić information content (AvgIpc) is 3.17. The van der Waals surface area contributed by atoms with Crippen LogP contribution in [0.25, 0.3) is 11.4 Å². The van der Waals surface area contributed by atoms with Crippen LogP contribution >= 0.6 is 22.9 Å². The zero-order chi connectivity index (χ0) is 16.6. The molecule has 1 aliphatic heterocycles. The van der Waals surface area contributed by atoms with Crippen LogP contribution in [0.5, 0.6) is 5.19 Å². The first-order valence-electron chi connectivity index (χ1n) is 6.77. The topological polar surface area (TPSA) is 134 Å². The molecular weight excluding hydrogens is 343 g/mol. The van der Waals surface area contributed by atoms with Crippen LogP contribution in [-0.2, 0) is 4.74 Å². The number of rotatable bonds is 4. The van der Waals surface area contributed by atoms with Gasteiger partial charge >= 0.3 is 0 Å². The predicted molar refractivity (Wildman–Crippen MR) is 85.7 cm³/mol. The van der Waals surface area contributed by atoms with Crippen LogP contribution in [0.3, 0.4) is 0 Å². The molecule has 1 saturated heterocycles. The molecule has 0 spiro atoms. The Labute approximate surface area is 140 Å². The third kappa shape index (κ3) is 3.10. The lowest BCUT2D eigenvalue weighted by Gasteiger charge is -2.41. The minimum Gasteiger partial charge on any atom is -0.486 e. The Hall–Kier alpha value is -1.18. The molecule has 3 rings (SSSR count). The molecule has 5 atom stereocenters. The first kappa shape index (κ1) is 16.7. The molecule has 1 aliphatic rings. The van der Waals surface area contributed by atoms with Gasteiger partial charge in [-0.05, 0) is 0 Å². The van der Waals surface area contributed by atoms with Gasteiger partial charge in [-0.2, -0.15) is 11.6 Å². The van der Waals surface area contributed by atoms with E-state index in [1.54, 1.807) is 12.5 Å². The van der Waals surface area contributed by atoms with Crippen molar-refractivity contribution in [2.75, 3.05) is 6.61 Å². The van der Waals surface area contributed by atoms with Crippen molar-refractivity contribution in [3.63, 3.8) is 0 Å². The molecule has 12 heteroatoms. The molecule has 23 heavy (non-hydrogen) atoms. The molecule has 0 bridgehead atoms. The summed E-state index contributed by atoms with van der Waals surface area (Å²) in [6.07, 6.45) is -1.46. The van der Waals surface area contributed by atoms with E-state index < -0.39 is 29.8 Å². The Morgan fingerprint density at radius 2 is 2.13 bits per heavy atom. The number of nitrogens with zero attached hydrogens (tertiary/aromatic N) is 4. The third-order valence-electron chi connectivity index (χ3n) is 3.65. The second-order valence-corrected chi connectivity index (χ2v) is 6.80. The van der Waals surface area contributed by atoms with Crippen molar-refractivity contribution in [1.29, 1.82) is 0 Å². The van der Waals surface area contributed by atoms with Crippen LogP contribution in [0.2, 0.25) is 0 Å². The van der Waals surface area contributed by atoms with Crippen molar-refractivity contribution in [3.05, 3.63) is 11.6 Å². The Morgan fingerprint density at radius 3 is 2.74 bits per heavy atom. The van der Waals surface area contributed by atoms with Crippen LogP contribution < -0.4 is 0 Å². The lowest BCUT2D eigenvalue weighted by Crippen LogP contribution is -2.55. The van der Waals surface area contributed by atoms with Crippen LogP contribution in [0.1, 0.15) is 6.04 Å². The molecule has 2 aromatic heterocycles. The SMILES string of the molecule is BSC1OC(CO)C(O)C(n2cc(-c3csc(O)n3)nn2)C1O. The Morgan fingerprint density at radius 1 is 1.35 bits per heavy atom. The molecule has 0 radical (unpaired) electrons. The van der Waals surface area contributed by atoms with Crippen LogP contribution in [0.15, 0.2) is 11.6 Å². The van der Waals surface area contributed by atoms with Gasteiger partial charge in [-0.15, -0.1) is 5.10 Å². The second kappa shape index (κ2) is 6.75. The first-order valence-corrected chi connectivity index (χ1v) is 8.94. The summed E-state index contributed by atoms with van der Waals surface area (Å²) in [6.45, 7) is -0.372. The van der Waals surface area contributed by atoms with Crippen molar-refractivity contribution in [3.8, 4) is 16.6 Å². The molecule has 0 aliphatic carbocycles. The number of hydrogen-bond acceptors (Lipinski definition) is 10. The highest BCUT2D eigenvalue weighted by molar-refractivity contribution is 8.20. The molecule has 0 amide bonds. The molecule has 5 unspecified atom stereocenters. The molecular formula is C11H15BN4O5S2. The standard InChI is InChI=1S/C11H15BN4O5S2/c12-23-10-9(19)7(8(18)6(2-17)21-10)16-1-4(14-15-16)5-3-22-11(20)13-5/h1,3,6-10,17-19H,2,12H2,(H,13,20). The van der Waals surface area contributed by atoms with Gasteiger partial charge in [0.15, 0.2) is 7.12 Å². The number of hydrogen-bond donors (Lipinski definition) is 4. The van der Waals surface area contributed by atoms with Crippen molar-refractivity contribution in [2.45, 2.75) is 29.8 Å². The van der Waals surface area contributed by atoms with E-state index in [1.807, 2.05) is 0 Å². The molecule has 3 heterocycles. The summed E-state index contributed by atoms with van der Waals surface area (Å²) in [4.78, 5) is 3.90. The zero-order valence-corrected chi connectivity index (χ0v) is 13.7. The van der Waals surface area contributed by atoms with Gasteiger partial charge in [0.1, 0.15) is 41.2 Å². The highest BCUT2D eigenvalue weighted by Gasteiger charge is 2.45. The summed E-state index contributed by atoms with van der Waals surface area (Å²) >= 11 is 2.35. The summed E-state index contributed by atoms with van der Waals surface area (Å²) in [5.74, 6) is 0. The smallest absolute Gasteiger partial charge is 0.271 e. The third-order valence-corrected chi connectivity index (χ3v) is 5.15. The summed E-state index contributed by atoms with van der Waals surface area (Å²) < 4.78 is 6.81. The van der Waals surface area contributed by atoms with Crippen LogP contribution in [-0.4, -0.2) is 77.9 Å². The fraction of sp³-hybridized carbons (Fsp3) is 0.545. The fourth-order valence-corrected chi connectivity index (χ4v) is 3.73. The lowest BCUT2D eigenvalue weighted by molar-refractivity contribution is -0.178. The van der Waals surface area contributed by atoms with E-state index in [0.29, 0.717) is 11.4 Å². The summed E-state index contributed by atoms with van der Waals surface area (Å²) in [5.41, 5.74) is 0.264. The van der Waals surface area contributed by atoms with Crippen molar-refractivity contribution in [2.24, 2.45) is 0 Å². The van der Waals surface area contributed by atoms with Gasteiger partial charge in [0.05, 0.1) is 12.8 Å². The van der Waals surface area contributed by atoms with E-state index >= 15 is 0 Å². The molecule has 0 saturated carbocycles. The number of aromatic nitrogens is 4. The predicted octanol–water partition coefficient (Wildman–Crippen LogP) is -1.63. The summed E-state index contributed by atoms with van der Waals surface area (Å²) in [6, 6.07) is -0.813. The van der Waals surface area contributed by atoms with E-state index in [0.717, 1.165) is 11.3 Å². The molecule has 1 fully saturated rings. The Kier molecular flexibility index (Phi) is 4.89. The summed E-state index contributed by atoms with van der Waals surface area (Å²) in [7, 11) is 1.77. The number of thiazole rings is 1. The Bertz CT molecular complexity index is 654. The number of aliphatic hydroxyl groups excluding tert-OH is 3. The number of aromatic hydroxyl groups is 1. The van der Waals surface area contributed by atoms with E-state index in [2.05, 4.69) is 15.3 Å². The monoisotopic (exact) mass is 358 g/mol. The van der Waals surface area contributed by atoms with Gasteiger partial charge in [-0.1, -0.05) is 16.6 Å². The molecule has 4 N–H and O–H groups in total. The Balaban J connectivity index is 1.90. The van der Waals surface area contributed by atoms with Gasteiger partial charge in [0.25, 0.3) is 5.19 Å².